The van der Waals surface area contributed by atoms with Crippen molar-refractivity contribution in [2.24, 2.45) is 17.3 Å². The van der Waals surface area contributed by atoms with Crippen LogP contribution >= 0.6 is 0 Å². The predicted octanol–water partition coefficient (Wildman–Crippen LogP) is 5.40. The number of rotatable bonds is 4. The molecule has 0 aliphatic carbocycles. The molecule has 1 aromatic carbocycles. The van der Waals surface area contributed by atoms with Crippen LogP contribution in [0.4, 0.5) is 0 Å². The molecule has 2 aliphatic rings. The molecular weight excluding hydrogens is 384 g/mol. The zero-order valence-corrected chi connectivity index (χ0v) is 20.4. The number of hydrogen-bond donors (Lipinski definition) is 0. The fourth-order valence-corrected chi connectivity index (χ4v) is 5.37. The van der Waals surface area contributed by atoms with Gasteiger partial charge in [0.15, 0.2) is 0 Å². The first kappa shape index (κ1) is 24.1. The van der Waals surface area contributed by atoms with E-state index in [0.29, 0.717) is 29.6 Å². The Morgan fingerprint density at radius 3 is 2.45 bits per heavy atom. The van der Waals surface area contributed by atoms with Crippen LogP contribution in [0, 0.1) is 17.3 Å². The van der Waals surface area contributed by atoms with Gasteiger partial charge in [-0.15, -0.1) is 0 Å². The van der Waals surface area contributed by atoms with Crippen LogP contribution in [-0.4, -0.2) is 55.0 Å². The second-order valence-electron chi connectivity index (χ2n) is 10.8. The van der Waals surface area contributed by atoms with E-state index in [9.17, 15) is 4.79 Å². The number of hydrogen-bond acceptors (Lipinski definition) is 3. The number of ether oxygens (including phenoxy) is 1. The van der Waals surface area contributed by atoms with Crippen LogP contribution in [0.15, 0.2) is 24.3 Å². The predicted molar refractivity (Wildman–Crippen MR) is 128 cm³/mol. The SMILES string of the molecule is CC(C)CC(=O)N1CCC2(CCCCc3ccccc3OCCN(CC(C)C)C2)CC1. The molecule has 1 amide bonds. The second-order valence-corrected chi connectivity index (χ2v) is 10.8. The lowest BCUT2D eigenvalue weighted by Crippen LogP contribution is -2.49. The minimum atomic E-state index is 0.336. The van der Waals surface area contributed by atoms with Gasteiger partial charge in [-0.1, -0.05) is 52.3 Å². The number of fused-ring (bicyclic) bond motifs is 1. The Hall–Kier alpha value is -1.55. The van der Waals surface area contributed by atoms with Gasteiger partial charge in [-0.3, -0.25) is 9.69 Å². The summed E-state index contributed by atoms with van der Waals surface area (Å²) in [5, 5.41) is 0. The van der Waals surface area contributed by atoms with Gasteiger partial charge in [-0.05, 0) is 61.0 Å². The van der Waals surface area contributed by atoms with E-state index in [2.05, 4.69) is 61.8 Å². The van der Waals surface area contributed by atoms with Gasteiger partial charge >= 0.3 is 0 Å². The van der Waals surface area contributed by atoms with E-state index < -0.39 is 0 Å². The van der Waals surface area contributed by atoms with Gasteiger partial charge in [0.2, 0.25) is 5.91 Å². The highest BCUT2D eigenvalue weighted by atomic mass is 16.5. The third-order valence-electron chi connectivity index (χ3n) is 6.98. The van der Waals surface area contributed by atoms with E-state index in [4.69, 9.17) is 4.74 Å². The molecular formula is C27H44N2O2. The quantitative estimate of drug-likeness (QED) is 0.643. The summed E-state index contributed by atoms with van der Waals surface area (Å²) in [6.07, 6.45) is 7.80. The van der Waals surface area contributed by atoms with Crippen LogP contribution in [0.25, 0.3) is 0 Å². The molecule has 4 nitrogen and oxygen atoms in total. The molecule has 0 atom stereocenters. The molecule has 1 fully saturated rings. The van der Waals surface area contributed by atoms with Crippen molar-refractivity contribution in [3.63, 3.8) is 0 Å². The summed E-state index contributed by atoms with van der Waals surface area (Å²) in [7, 11) is 0. The highest BCUT2D eigenvalue weighted by molar-refractivity contribution is 5.76. The van der Waals surface area contributed by atoms with Crippen molar-refractivity contribution < 1.29 is 9.53 Å². The summed E-state index contributed by atoms with van der Waals surface area (Å²) in [4.78, 5) is 17.4. The Morgan fingerprint density at radius 2 is 1.74 bits per heavy atom. The smallest absolute Gasteiger partial charge is 0.222 e. The van der Waals surface area contributed by atoms with E-state index in [1.807, 2.05) is 0 Å². The molecule has 1 spiro atoms. The number of amides is 1. The van der Waals surface area contributed by atoms with Gasteiger partial charge in [0.25, 0.3) is 0 Å². The first-order valence-corrected chi connectivity index (χ1v) is 12.6. The lowest BCUT2D eigenvalue weighted by molar-refractivity contribution is -0.134. The Morgan fingerprint density at radius 1 is 1.00 bits per heavy atom. The van der Waals surface area contributed by atoms with Gasteiger partial charge in [-0.2, -0.15) is 0 Å². The van der Waals surface area contributed by atoms with Crippen molar-refractivity contribution in [2.75, 3.05) is 39.3 Å². The van der Waals surface area contributed by atoms with E-state index >= 15 is 0 Å². The van der Waals surface area contributed by atoms with Crippen molar-refractivity contribution in [2.45, 2.75) is 72.6 Å². The number of likely N-dealkylation sites (tertiary alicyclic amines) is 1. The second kappa shape index (κ2) is 11.4. The Kier molecular flexibility index (Phi) is 8.83. The minimum Gasteiger partial charge on any atom is -0.492 e. The van der Waals surface area contributed by atoms with Gasteiger partial charge in [0, 0.05) is 39.1 Å². The van der Waals surface area contributed by atoms with Crippen molar-refractivity contribution in [3.8, 4) is 5.75 Å². The molecule has 2 heterocycles. The first-order valence-electron chi connectivity index (χ1n) is 12.6. The van der Waals surface area contributed by atoms with E-state index in [-0.39, 0.29) is 0 Å². The van der Waals surface area contributed by atoms with Gasteiger partial charge in [-0.25, -0.2) is 0 Å². The number of aryl methyl sites for hydroxylation is 1. The molecule has 0 bridgehead atoms. The molecule has 0 unspecified atom stereocenters. The van der Waals surface area contributed by atoms with Crippen molar-refractivity contribution in [1.29, 1.82) is 0 Å². The van der Waals surface area contributed by atoms with Crippen LogP contribution in [-0.2, 0) is 11.2 Å². The van der Waals surface area contributed by atoms with E-state index in [0.717, 1.165) is 64.3 Å². The molecule has 0 radical (unpaired) electrons. The monoisotopic (exact) mass is 428 g/mol. The van der Waals surface area contributed by atoms with Crippen molar-refractivity contribution in [3.05, 3.63) is 29.8 Å². The summed E-state index contributed by atoms with van der Waals surface area (Å²) < 4.78 is 6.24. The summed E-state index contributed by atoms with van der Waals surface area (Å²) in [6.45, 7) is 14.7. The Labute approximate surface area is 190 Å². The molecule has 2 aliphatic heterocycles. The van der Waals surface area contributed by atoms with Gasteiger partial charge in [0.05, 0.1) is 0 Å². The van der Waals surface area contributed by atoms with Crippen LogP contribution in [0.2, 0.25) is 0 Å². The highest BCUT2D eigenvalue weighted by Gasteiger charge is 2.37. The zero-order chi connectivity index (χ0) is 22.3. The largest absolute Gasteiger partial charge is 0.492 e. The maximum absolute atomic E-state index is 12.6. The molecule has 0 saturated carbocycles. The normalized spacial score (nSPS) is 20.8. The van der Waals surface area contributed by atoms with E-state index in [1.165, 1.54) is 24.8 Å². The third kappa shape index (κ3) is 7.24. The van der Waals surface area contributed by atoms with Crippen molar-refractivity contribution in [1.82, 2.24) is 9.80 Å². The minimum absolute atomic E-state index is 0.336. The Balaban J connectivity index is 1.70. The molecule has 0 aromatic heterocycles. The standard InChI is InChI=1S/C27H44N2O2/c1-22(2)19-26(30)29-15-13-27(14-16-29)12-8-7-10-24-9-5-6-11-25(24)31-18-17-28(21-27)20-23(3)4/h5-6,9,11,22-23H,7-8,10,12-21H2,1-4H3. The lowest BCUT2D eigenvalue weighted by atomic mass is 9.73. The maximum atomic E-state index is 12.6. The number of carbonyl (C=O) groups excluding carboxylic acids is 1. The van der Waals surface area contributed by atoms with E-state index in [1.54, 1.807) is 0 Å². The summed E-state index contributed by atoms with van der Waals surface area (Å²) in [5.41, 5.74) is 1.68. The topological polar surface area (TPSA) is 32.8 Å². The molecule has 31 heavy (non-hydrogen) atoms. The third-order valence-corrected chi connectivity index (χ3v) is 6.98. The zero-order valence-electron chi connectivity index (χ0n) is 20.4. The number of carbonyl (C=O) groups is 1. The fraction of sp³-hybridized carbons (Fsp3) is 0.741. The van der Waals surface area contributed by atoms with Gasteiger partial charge in [0.1, 0.15) is 12.4 Å². The van der Waals surface area contributed by atoms with Crippen LogP contribution in [0.5, 0.6) is 5.75 Å². The average molecular weight is 429 g/mol. The van der Waals surface area contributed by atoms with Crippen LogP contribution < -0.4 is 4.74 Å². The number of nitrogens with zero attached hydrogens (tertiary/aromatic N) is 2. The maximum Gasteiger partial charge on any atom is 0.222 e. The van der Waals surface area contributed by atoms with Crippen LogP contribution in [0.3, 0.4) is 0 Å². The number of para-hydroxylation sites is 1. The molecule has 1 saturated heterocycles. The van der Waals surface area contributed by atoms with Crippen LogP contribution in [0.1, 0.15) is 71.8 Å². The summed E-state index contributed by atoms with van der Waals surface area (Å²) >= 11 is 0. The highest BCUT2D eigenvalue weighted by Crippen LogP contribution is 2.38. The molecule has 4 heteroatoms. The lowest BCUT2D eigenvalue weighted by Gasteiger charge is -2.45. The first-order chi connectivity index (χ1) is 14.9. The molecule has 0 N–H and O–H groups in total. The number of benzene rings is 1. The summed E-state index contributed by atoms with van der Waals surface area (Å²) in [6, 6.07) is 8.56. The molecule has 3 rings (SSSR count). The molecule has 174 valence electrons. The molecule has 1 aromatic rings. The van der Waals surface area contributed by atoms with Gasteiger partial charge < -0.3 is 9.64 Å². The van der Waals surface area contributed by atoms with Crippen molar-refractivity contribution >= 4 is 5.91 Å². The fourth-order valence-electron chi connectivity index (χ4n) is 5.37. The summed E-state index contributed by atoms with van der Waals surface area (Å²) in [5.74, 6) is 2.50. The number of piperidine rings is 1. The Bertz CT molecular complexity index is 692. The average Bonchev–Trinajstić information content (AvgIpc) is 2.71.